The van der Waals surface area contributed by atoms with Crippen LogP contribution in [0.5, 0.6) is 0 Å². The highest BCUT2D eigenvalue weighted by Crippen LogP contribution is 2.27. The molecule has 2 aliphatic heterocycles. The van der Waals surface area contributed by atoms with Crippen LogP contribution in [0.1, 0.15) is 38.2 Å². The highest BCUT2D eigenvalue weighted by molar-refractivity contribution is 7.89. The van der Waals surface area contributed by atoms with Crippen LogP contribution in [0.15, 0.2) is 29.2 Å². The lowest BCUT2D eigenvalue weighted by Gasteiger charge is -2.31. The van der Waals surface area contributed by atoms with E-state index in [1.165, 1.54) is 12.1 Å². The molecule has 0 spiro atoms. The van der Waals surface area contributed by atoms with Crippen LogP contribution in [-0.4, -0.2) is 74.4 Å². The fourth-order valence-electron chi connectivity index (χ4n) is 4.05. The zero-order valence-corrected chi connectivity index (χ0v) is 19.3. The van der Waals surface area contributed by atoms with Crippen molar-refractivity contribution < 1.29 is 32.3 Å². The maximum atomic E-state index is 13.0. The molecule has 10 heteroatoms. The quantitative estimate of drug-likeness (QED) is 0.560. The molecule has 2 aliphatic rings. The van der Waals surface area contributed by atoms with Crippen LogP contribution in [0.4, 0.5) is 0 Å². The van der Waals surface area contributed by atoms with Crippen molar-refractivity contribution in [3.05, 3.63) is 29.8 Å². The highest BCUT2D eigenvalue weighted by Gasteiger charge is 2.40. The lowest BCUT2D eigenvalue weighted by atomic mass is 9.97. The predicted molar refractivity (Wildman–Crippen MR) is 115 cm³/mol. The minimum atomic E-state index is -3.83. The van der Waals surface area contributed by atoms with E-state index >= 15 is 0 Å². The average Bonchev–Trinajstić information content (AvgIpc) is 3.29. The third kappa shape index (κ3) is 5.47. The second kappa shape index (κ2) is 10.4. The Balaban J connectivity index is 1.53. The maximum Gasteiger partial charge on any atom is 0.324 e. The number of nitrogens with zero attached hydrogens (tertiary/aromatic N) is 2. The first-order chi connectivity index (χ1) is 15.2. The first-order valence-corrected chi connectivity index (χ1v) is 12.4. The van der Waals surface area contributed by atoms with E-state index in [1.54, 1.807) is 24.0 Å². The molecule has 176 valence electrons. The van der Waals surface area contributed by atoms with E-state index in [0.29, 0.717) is 45.4 Å². The van der Waals surface area contributed by atoms with E-state index in [2.05, 4.69) is 0 Å². The highest BCUT2D eigenvalue weighted by atomic mass is 32.2. The minimum Gasteiger partial charge on any atom is -0.466 e. The topological polar surface area (TPSA) is 110 Å². The molecule has 1 amide bonds. The number of ether oxygens (including phenoxy) is 2. The van der Waals surface area contributed by atoms with Gasteiger partial charge in [-0.25, -0.2) is 8.42 Å². The molecule has 2 heterocycles. The van der Waals surface area contributed by atoms with Crippen LogP contribution in [0, 0.1) is 12.8 Å². The molecule has 3 rings (SSSR count). The van der Waals surface area contributed by atoms with Gasteiger partial charge in [0, 0.05) is 19.6 Å². The van der Waals surface area contributed by atoms with Crippen molar-refractivity contribution in [1.82, 2.24) is 9.21 Å². The summed E-state index contributed by atoms with van der Waals surface area (Å²) in [6.45, 7) is 4.49. The summed E-state index contributed by atoms with van der Waals surface area (Å²) in [4.78, 5) is 38.6. The molecule has 0 bridgehead atoms. The van der Waals surface area contributed by atoms with E-state index in [4.69, 9.17) is 9.47 Å². The van der Waals surface area contributed by atoms with Crippen molar-refractivity contribution >= 4 is 27.9 Å². The van der Waals surface area contributed by atoms with Crippen molar-refractivity contribution in [2.45, 2.75) is 50.5 Å². The molecule has 0 saturated carbocycles. The van der Waals surface area contributed by atoms with Gasteiger partial charge < -0.3 is 14.4 Å². The Kier molecular flexibility index (Phi) is 7.89. The number of carbonyl (C=O) groups excluding carboxylic acids is 3. The van der Waals surface area contributed by atoms with E-state index in [9.17, 15) is 22.8 Å². The van der Waals surface area contributed by atoms with Crippen molar-refractivity contribution in [3.8, 4) is 0 Å². The molecular weight excluding hydrogens is 436 g/mol. The molecule has 1 unspecified atom stereocenters. The summed E-state index contributed by atoms with van der Waals surface area (Å²) in [6.07, 6.45) is 1.90. The van der Waals surface area contributed by atoms with E-state index < -0.39 is 28.6 Å². The van der Waals surface area contributed by atoms with Crippen LogP contribution in [0.25, 0.3) is 0 Å². The largest absolute Gasteiger partial charge is 0.466 e. The summed E-state index contributed by atoms with van der Waals surface area (Å²) < 4.78 is 37.4. The number of piperidine rings is 1. The van der Waals surface area contributed by atoms with Gasteiger partial charge in [0.2, 0.25) is 10.0 Å². The summed E-state index contributed by atoms with van der Waals surface area (Å²) in [7, 11) is -3.83. The molecule has 0 radical (unpaired) electrons. The van der Waals surface area contributed by atoms with Gasteiger partial charge in [0.25, 0.3) is 5.91 Å². The number of rotatable bonds is 7. The Bertz CT molecular complexity index is 938. The van der Waals surface area contributed by atoms with Crippen LogP contribution in [0.3, 0.4) is 0 Å². The summed E-state index contributed by atoms with van der Waals surface area (Å²) in [5, 5.41) is 0. The monoisotopic (exact) mass is 466 g/mol. The first-order valence-electron chi connectivity index (χ1n) is 10.9. The first kappa shape index (κ1) is 24.2. The number of likely N-dealkylation sites (tertiary alicyclic amines) is 1. The lowest BCUT2D eigenvalue weighted by molar-refractivity contribution is -0.156. The second-order valence-electron chi connectivity index (χ2n) is 8.10. The Morgan fingerprint density at radius 1 is 0.969 bits per heavy atom. The molecule has 32 heavy (non-hydrogen) atoms. The molecule has 9 nitrogen and oxygen atoms in total. The van der Waals surface area contributed by atoms with E-state index in [-0.39, 0.29) is 29.2 Å². The molecule has 2 fully saturated rings. The number of esters is 2. The number of carbonyl (C=O) groups is 3. The number of hydrogen-bond acceptors (Lipinski definition) is 7. The summed E-state index contributed by atoms with van der Waals surface area (Å²) >= 11 is 0. The smallest absolute Gasteiger partial charge is 0.324 e. The number of aryl methyl sites for hydroxylation is 1. The second-order valence-corrected chi connectivity index (χ2v) is 9.99. The molecule has 1 atom stereocenters. The summed E-state index contributed by atoms with van der Waals surface area (Å²) in [6, 6.07) is 5.52. The Labute approximate surface area is 188 Å². The standard InChI is InChI=1S/C22H30N2O7S/c1-3-30-21(26)17-10-13-23(14-11-17)20(25)15-31-22(27)19-5-4-12-24(19)32(28,29)18-8-6-16(2)7-9-18/h6-9,17,19H,3-5,10-15H2,1-2H3. The van der Waals surface area contributed by atoms with E-state index in [0.717, 1.165) is 9.87 Å². The molecule has 0 aliphatic carbocycles. The van der Waals surface area contributed by atoms with Gasteiger partial charge in [-0.3, -0.25) is 14.4 Å². The Morgan fingerprint density at radius 2 is 1.62 bits per heavy atom. The Hall–Kier alpha value is -2.46. The maximum absolute atomic E-state index is 13.0. The molecule has 2 saturated heterocycles. The average molecular weight is 467 g/mol. The van der Waals surface area contributed by atoms with Gasteiger partial charge in [0.05, 0.1) is 17.4 Å². The molecule has 1 aromatic carbocycles. The zero-order valence-electron chi connectivity index (χ0n) is 18.5. The van der Waals surface area contributed by atoms with Gasteiger partial charge >= 0.3 is 11.9 Å². The van der Waals surface area contributed by atoms with E-state index in [1.807, 2.05) is 6.92 Å². The van der Waals surface area contributed by atoms with Gasteiger partial charge in [-0.1, -0.05) is 17.7 Å². The molecular formula is C22H30N2O7S. The number of hydrogen-bond donors (Lipinski definition) is 0. The van der Waals surface area contributed by atoms with Gasteiger partial charge in [0.15, 0.2) is 6.61 Å². The van der Waals surface area contributed by atoms with Crippen LogP contribution in [0.2, 0.25) is 0 Å². The summed E-state index contributed by atoms with van der Waals surface area (Å²) in [5.41, 5.74) is 0.936. The predicted octanol–water partition coefficient (Wildman–Crippen LogP) is 1.49. The third-order valence-corrected chi connectivity index (χ3v) is 7.83. The number of sulfonamides is 1. The number of benzene rings is 1. The minimum absolute atomic E-state index is 0.128. The van der Waals surface area contributed by atoms with Crippen LogP contribution < -0.4 is 0 Å². The van der Waals surface area contributed by atoms with Crippen molar-refractivity contribution in [2.24, 2.45) is 5.92 Å². The van der Waals surface area contributed by atoms with Gasteiger partial charge in [-0.05, 0) is 51.7 Å². The van der Waals surface area contributed by atoms with Crippen LogP contribution in [-0.2, 0) is 33.9 Å². The molecule has 0 N–H and O–H groups in total. The fourth-order valence-corrected chi connectivity index (χ4v) is 5.70. The fraction of sp³-hybridized carbons (Fsp3) is 0.591. The SMILES string of the molecule is CCOC(=O)C1CCN(C(=O)COC(=O)C2CCCN2S(=O)(=O)c2ccc(C)cc2)CC1. The van der Waals surface area contributed by atoms with Crippen molar-refractivity contribution in [1.29, 1.82) is 0 Å². The van der Waals surface area contributed by atoms with Crippen molar-refractivity contribution in [3.63, 3.8) is 0 Å². The zero-order chi connectivity index (χ0) is 23.3. The van der Waals surface area contributed by atoms with Crippen LogP contribution >= 0.6 is 0 Å². The summed E-state index contributed by atoms with van der Waals surface area (Å²) in [5.74, 6) is -1.54. The van der Waals surface area contributed by atoms with Gasteiger partial charge in [-0.15, -0.1) is 0 Å². The van der Waals surface area contributed by atoms with Crippen molar-refractivity contribution in [2.75, 3.05) is 32.8 Å². The molecule has 1 aromatic rings. The Morgan fingerprint density at radius 3 is 2.25 bits per heavy atom. The number of amides is 1. The third-order valence-electron chi connectivity index (χ3n) is 5.91. The lowest BCUT2D eigenvalue weighted by Crippen LogP contribution is -2.44. The molecule has 0 aromatic heterocycles. The normalized spacial score (nSPS) is 20.2. The van der Waals surface area contributed by atoms with Gasteiger partial charge in [-0.2, -0.15) is 4.31 Å². The van der Waals surface area contributed by atoms with Gasteiger partial charge in [0.1, 0.15) is 6.04 Å².